The Labute approximate surface area is 184 Å². The lowest BCUT2D eigenvalue weighted by atomic mass is 9.94. The highest BCUT2D eigenvalue weighted by Gasteiger charge is 2.23. The maximum atomic E-state index is 12.2. The lowest BCUT2D eigenvalue weighted by Gasteiger charge is -2.21. The van der Waals surface area contributed by atoms with E-state index in [-0.39, 0.29) is 58.1 Å². The standard InChI is InChI=1S/C20H35N3O5.C2H6.2H2/c1-6-16(7-2)20(28)15(4)22-18(26)13-23(5)19(27)11-12-21-17(25)10-8-9-14(3)24;1-2;;/h15-16H,6-13H2,1-5H3,(H,21,25)(H,22,26);1-2H3;2*1H. The molecule has 0 fully saturated rings. The van der Waals surface area contributed by atoms with Gasteiger partial charge in [-0.25, -0.2) is 0 Å². The van der Waals surface area contributed by atoms with Crippen LogP contribution in [0.3, 0.4) is 0 Å². The summed E-state index contributed by atoms with van der Waals surface area (Å²) in [4.78, 5) is 60.1. The summed E-state index contributed by atoms with van der Waals surface area (Å²) in [6.45, 7) is 11.0. The quantitative estimate of drug-likeness (QED) is 0.439. The molecule has 0 aliphatic rings. The van der Waals surface area contributed by atoms with Crippen LogP contribution in [0.2, 0.25) is 0 Å². The van der Waals surface area contributed by atoms with E-state index in [1.165, 1.54) is 18.9 Å². The zero-order chi connectivity index (χ0) is 23.7. The number of nitrogens with zero attached hydrogens (tertiary/aromatic N) is 1. The van der Waals surface area contributed by atoms with E-state index in [1.54, 1.807) is 6.92 Å². The normalized spacial score (nSPS) is 11.1. The van der Waals surface area contributed by atoms with Crippen molar-refractivity contribution in [3.63, 3.8) is 0 Å². The molecular formula is C22H45N3O5. The zero-order valence-electron chi connectivity index (χ0n) is 19.8. The van der Waals surface area contributed by atoms with Crippen LogP contribution in [-0.4, -0.2) is 60.4 Å². The van der Waals surface area contributed by atoms with Gasteiger partial charge in [0.15, 0.2) is 5.78 Å². The van der Waals surface area contributed by atoms with E-state index in [1.807, 2.05) is 27.7 Å². The maximum Gasteiger partial charge on any atom is 0.240 e. The van der Waals surface area contributed by atoms with Crippen LogP contribution in [-0.2, 0) is 24.0 Å². The van der Waals surface area contributed by atoms with Crippen molar-refractivity contribution in [2.75, 3.05) is 20.1 Å². The van der Waals surface area contributed by atoms with Crippen molar-refractivity contribution in [3.8, 4) is 0 Å². The number of likely N-dealkylation sites (N-methyl/N-ethyl adjacent to an activating group) is 1. The Kier molecular flexibility index (Phi) is 17.6. The molecule has 0 rings (SSSR count). The van der Waals surface area contributed by atoms with Crippen LogP contribution >= 0.6 is 0 Å². The number of nitrogens with one attached hydrogen (secondary N) is 2. The van der Waals surface area contributed by atoms with E-state index in [0.717, 1.165) is 12.8 Å². The molecule has 1 atom stereocenters. The summed E-state index contributed by atoms with van der Waals surface area (Å²) in [5.74, 6) is -0.912. The molecule has 0 heterocycles. The molecule has 1 unspecified atom stereocenters. The highest BCUT2D eigenvalue weighted by molar-refractivity contribution is 5.92. The molecule has 30 heavy (non-hydrogen) atoms. The molecule has 0 aromatic heterocycles. The fraction of sp³-hybridized carbons (Fsp3) is 0.773. The third-order valence-electron chi connectivity index (χ3n) is 4.59. The van der Waals surface area contributed by atoms with Gasteiger partial charge in [0.05, 0.1) is 12.6 Å². The second kappa shape index (κ2) is 17.6. The number of Topliss-reactive ketones (excluding diaryl/α,β-unsaturated/α-hetero) is 2. The maximum absolute atomic E-state index is 12.2. The molecule has 0 spiro atoms. The van der Waals surface area contributed by atoms with Crippen molar-refractivity contribution < 1.29 is 26.8 Å². The Bertz CT molecular complexity index is 570. The first-order valence-corrected chi connectivity index (χ1v) is 10.9. The topological polar surface area (TPSA) is 113 Å². The Morgan fingerprint density at radius 2 is 1.50 bits per heavy atom. The summed E-state index contributed by atoms with van der Waals surface area (Å²) < 4.78 is 0. The predicted molar refractivity (Wildman–Crippen MR) is 122 cm³/mol. The van der Waals surface area contributed by atoms with E-state index in [2.05, 4.69) is 10.6 Å². The van der Waals surface area contributed by atoms with E-state index in [0.29, 0.717) is 12.8 Å². The molecular weight excluding hydrogens is 386 g/mol. The highest BCUT2D eigenvalue weighted by Crippen LogP contribution is 2.11. The van der Waals surface area contributed by atoms with Gasteiger partial charge in [-0.2, -0.15) is 0 Å². The summed E-state index contributed by atoms with van der Waals surface area (Å²) in [6, 6.07) is -0.588. The SMILES string of the molecule is CC.CCC(CC)C(=O)C(C)NC(=O)CN(C)C(=O)CCNC(=O)CCCC(C)=O.[HH].[HH]. The molecule has 8 heteroatoms. The fourth-order valence-electron chi connectivity index (χ4n) is 2.79. The molecule has 0 aliphatic heterocycles. The van der Waals surface area contributed by atoms with E-state index < -0.39 is 11.9 Å². The molecule has 0 aliphatic carbocycles. The number of hydrogen-bond acceptors (Lipinski definition) is 5. The van der Waals surface area contributed by atoms with Gasteiger partial charge in [0.1, 0.15) is 5.78 Å². The summed E-state index contributed by atoms with van der Waals surface area (Å²) in [6.07, 6.45) is 2.63. The number of carbonyl (C=O) groups is 5. The molecule has 0 aromatic carbocycles. The van der Waals surface area contributed by atoms with Gasteiger partial charge in [-0.3, -0.25) is 19.2 Å². The van der Waals surface area contributed by atoms with Crippen molar-refractivity contribution in [1.29, 1.82) is 0 Å². The van der Waals surface area contributed by atoms with Crippen LogP contribution in [0.1, 0.15) is 82.9 Å². The summed E-state index contributed by atoms with van der Waals surface area (Å²) in [5.41, 5.74) is 0. The minimum absolute atomic E-state index is 0. The molecule has 0 radical (unpaired) electrons. The van der Waals surface area contributed by atoms with Crippen molar-refractivity contribution in [2.45, 2.75) is 86.1 Å². The second-order valence-electron chi connectivity index (χ2n) is 7.11. The number of carbonyl (C=O) groups excluding carboxylic acids is 5. The summed E-state index contributed by atoms with van der Waals surface area (Å²) >= 11 is 0. The van der Waals surface area contributed by atoms with Gasteiger partial charge in [0, 0.05) is 41.6 Å². The number of amides is 3. The first-order valence-electron chi connectivity index (χ1n) is 10.9. The third kappa shape index (κ3) is 13.8. The monoisotopic (exact) mass is 431 g/mol. The molecule has 0 saturated heterocycles. The minimum Gasteiger partial charge on any atom is -0.356 e. The minimum atomic E-state index is -0.588. The van der Waals surface area contributed by atoms with Gasteiger partial charge in [0.25, 0.3) is 0 Å². The molecule has 0 saturated carbocycles. The van der Waals surface area contributed by atoms with E-state index in [9.17, 15) is 24.0 Å². The van der Waals surface area contributed by atoms with Crippen molar-refractivity contribution in [1.82, 2.24) is 15.5 Å². The fourth-order valence-corrected chi connectivity index (χ4v) is 2.79. The van der Waals surface area contributed by atoms with Gasteiger partial charge >= 0.3 is 0 Å². The highest BCUT2D eigenvalue weighted by atomic mass is 16.2. The smallest absolute Gasteiger partial charge is 0.240 e. The molecule has 3 amide bonds. The lowest BCUT2D eigenvalue weighted by molar-refractivity contribution is -0.135. The molecule has 0 aromatic rings. The number of rotatable bonds is 14. The Morgan fingerprint density at radius 3 is 2.00 bits per heavy atom. The molecule has 0 bridgehead atoms. The number of ketones is 2. The van der Waals surface area contributed by atoms with E-state index >= 15 is 0 Å². The van der Waals surface area contributed by atoms with Crippen LogP contribution in [0.25, 0.3) is 0 Å². The van der Waals surface area contributed by atoms with Gasteiger partial charge in [-0.1, -0.05) is 27.7 Å². The lowest BCUT2D eigenvalue weighted by Crippen LogP contribution is -2.46. The second-order valence-corrected chi connectivity index (χ2v) is 7.11. The van der Waals surface area contributed by atoms with Crippen LogP contribution in [0.4, 0.5) is 0 Å². The Balaban J connectivity index is -0.000000950. The van der Waals surface area contributed by atoms with E-state index in [4.69, 9.17) is 0 Å². The van der Waals surface area contributed by atoms with Gasteiger partial charge in [0.2, 0.25) is 17.7 Å². The predicted octanol–water partition coefficient (Wildman–Crippen LogP) is 2.74. The average Bonchev–Trinajstić information content (AvgIpc) is 2.69. The van der Waals surface area contributed by atoms with Crippen LogP contribution in [0, 0.1) is 5.92 Å². The van der Waals surface area contributed by atoms with Gasteiger partial charge in [-0.05, 0) is 33.1 Å². The van der Waals surface area contributed by atoms with Crippen molar-refractivity contribution >= 4 is 29.3 Å². The van der Waals surface area contributed by atoms with Gasteiger partial charge < -0.3 is 20.3 Å². The zero-order valence-corrected chi connectivity index (χ0v) is 19.8. The third-order valence-corrected chi connectivity index (χ3v) is 4.59. The first-order chi connectivity index (χ1) is 14.1. The summed E-state index contributed by atoms with van der Waals surface area (Å²) in [7, 11) is 1.50. The molecule has 178 valence electrons. The van der Waals surface area contributed by atoms with Gasteiger partial charge in [-0.15, -0.1) is 0 Å². The molecule has 2 N–H and O–H groups in total. The van der Waals surface area contributed by atoms with Crippen LogP contribution in [0.15, 0.2) is 0 Å². The largest absolute Gasteiger partial charge is 0.356 e. The Hall–Kier alpha value is -2.25. The van der Waals surface area contributed by atoms with Crippen LogP contribution in [0.5, 0.6) is 0 Å². The van der Waals surface area contributed by atoms with Crippen molar-refractivity contribution in [2.24, 2.45) is 5.92 Å². The first kappa shape index (κ1) is 29.9. The average molecular weight is 432 g/mol. The summed E-state index contributed by atoms with van der Waals surface area (Å²) in [5, 5.41) is 5.27. The van der Waals surface area contributed by atoms with Crippen molar-refractivity contribution in [3.05, 3.63) is 0 Å². The number of hydrogen-bond donors (Lipinski definition) is 2. The van der Waals surface area contributed by atoms with Crippen LogP contribution < -0.4 is 10.6 Å². The Morgan fingerprint density at radius 1 is 0.933 bits per heavy atom. The molecule has 8 nitrogen and oxygen atoms in total.